The maximum Gasteiger partial charge on any atom is 0.326 e. The molecule has 3 atom stereocenters. The van der Waals surface area contributed by atoms with E-state index in [0.717, 1.165) is 0 Å². The Hall–Kier alpha value is -3.95. The summed E-state index contributed by atoms with van der Waals surface area (Å²) < 4.78 is 0. The molecule has 0 rings (SSSR count). The topological polar surface area (TPSA) is 290 Å². The van der Waals surface area contributed by atoms with Crippen LogP contribution in [-0.4, -0.2) is 88.1 Å². The van der Waals surface area contributed by atoms with E-state index in [-0.39, 0.29) is 25.3 Å². The summed E-state index contributed by atoms with van der Waals surface area (Å²) in [6.45, 7) is -0.608. The van der Waals surface area contributed by atoms with Crippen LogP contribution in [0.15, 0.2) is 4.99 Å². The van der Waals surface area contributed by atoms with Crippen LogP contribution in [-0.2, 0) is 28.8 Å². The molecule has 0 aromatic rings. The van der Waals surface area contributed by atoms with Crippen LogP contribution in [0.1, 0.15) is 25.7 Å². The van der Waals surface area contributed by atoms with E-state index in [1.54, 1.807) is 0 Å². The SMILES string of the molecule is NC(N)=NCCCC(NC(=O)C(N)CC(=O)O)C(=O)NCC(=O)NC(CC(=O)O)C(=O)O. The van der Waals surface area contributed by atoms with Crippen molar-refractivity contribution in [1.82, 2.24) is 16.0 Å². The second kappa shape index (κ2) is 14.1. The van der Waals surface area contributed by atoms with Crippen molar-refractivity contribution in [2.75, 3.05) is 13.1 Å². The number of nitrogens with one attached hydrogen (secondary N) is 3. The van der Waals surface area contributed by atoms with Gasteiger partial charge < -0.3 is 48.5 Å². The number of nitrogens with two attached hydrogens (primary N) is 3. The number of guanidine groups is 1. The highest BCUT2D eigenvalue weighted by Crippen LogP contribution is 2.01. The van der Waals surface area contributed by atoms with Gasteiger partial charge in [-0.15, -0.1) is 0 Å². The highest BCUT2D eigenvalue weighted by molar-refractivity contribution is 5.93. The molecule has 0 bridgehead atoms. The summed E-state index contributed by atoms with van der Waals surface area (Å²) in [7, 11) is 0. The van der Waals surface area contributed by atoms with Crippen molar-refractivity contribution < 1.29 is 44.1 Å². The predicted molar refractivity (Wildman–Crippen MR) is 107 cm³/mol. The quantitative estimate of drug-likeness (QED) is 0.0633. The van der Waals surface area contributed by atoms with Crippen LogP contribution in [0.3, 0.4) is 0 Å². The highest BCUT2D eigenvalue weighted by Gasteiger charge is 2.26. The molecule has 0 aliphatic carbocycles. The van der Waals surface area contributed by atoms with E-state index in [2.05, 4.69) is 15.6 Å². The van der Waals surface area contributed by atoms with Gasteiger partial charge in [0.25, 0.3) is 0 Å². The van der Waals surface area contributed by atoms with Gasteiger partial charge in [0.1, 0.15) is 12.1 Å². The molecule has 0 saturated heterocycles. The summed E-state index contributed by atoms with van der Waals surface area (Å²) >= 11 is 0. The molecule has 0 saturated carbocycles. The fourth-order valence-corrected chi connectivity index (χ4v) is 2.24. The van der Waals surface area contributed by atoms with Gasteiger partial charge in [0.05, 0.1) is 25.4 Å². The Labute approximate surface area is 181 Å². The van der Waals surface area contributed by atoms with Gasteiger partial charge in [-0.3, -0.25) is 29.0 Å². The molecule has 0 aliphatic rings. The first-order valence-electron chi connectivity index (χ1n) is 9.18. The number of hydrogen-bond acceptors (Lipinski definition) is 8. The number of carbonyl (C=O) groups excluding carboxylic acids is 3. The van der Waals surface area contributed by atoms with Crippen molar-refractivity contribution in [3.05, 3.63) is 0 Å². The van der Waals surface area contributed by atoms with Gasteiger partial charge in [0.15, 0.2) is 5.96 Å². The second-order valence-corrected chi connectivity index (χ2v) is 6.49. The van der Waals surface area contributed by atoms with Gasteiger partial charge in [0.2, 0.25) is 17.7 Å². The lowest BCUT2D eigenvalue weighted by Gasteiger charge is -2.20. The van der Waals surface area contributed by atoms with Gasteiger partial charge in [-0.05, 0) is 12.8 Å². The second-order valence-electron chi connectivity index (χ2n) is 6.49. The Morgan fingerprint density at radius 3 is 1.94 bits per heavy atom. The molecule has 0 aromatic carbocycles. The number of carboxylic acid groups (broad SMARTS) is 3. The van der Waals surface area contributed by atoms with E-state index in [4.69, 9.17) is 32.5 Å². The molecule has 32 heavy (non-hydrogen) atoms. The number of rotatable bonds is 15. The zero-order valence-electron chi connectivity index (χ0n) is 16.9. The fourth-order valence-electron chi connectivity index (χ4n) is 2.24. The molecule has 0 aliphatic heterocycles. The van der Waals surface area contributed by atoms with Crippen LogP contribution in [0.5, 0.6) is 0 Å². The van der Waals surface area contributed by atoms with E-state index in [0.29, 0.717) is 0 Å². The third kappa shape index (κ3) is 12.6. The van der Waals surface area contributed by atoms with Crippen LogP contribution in [0.2, 0.25) is 0 Å². The zero-order valence-corrected chi connectivity index (χ0v) is 16.9. The van der Waals surface area contributed by atoms with Gasteiger partial charge in [-0.25, -0.2) is 4.79 Å². The zero-order chi connectivity index (χ0) is 24.8. The Morgan fingerprint density at radius 1 is 0.844 bits per heavy atom. The van der Waals surface area contributed by atoms with E-state index in [1.807, 2.05) is 5.32 Å². The lowest BCUT2D eigenvalue weighted by molar-refractivity contribution is -0.147. The molecule has 0 radical (unpaired) electrons. The van der Waals surface area contributed by atoms with Crippen LogP contribution in [0.25, 0.3) is 0 Å². The Kier molecular flexibility index (Phi) is 12.4. The van der Waals surface area contributed by atoms with Crippen molar-refractivity contribution in [3.8, 4) is 0 Å². The van der Waals surface area contributed by atoms with Crippen molar-refractivity contribution in [3.63, 3.8) is 0 Å². The first kappa shape index (κ1) is 28.0. The minimum atomic E-state index is -1.71. The Bertz CT molecular complexity index is 752. The van der Waals surface area contributed by atoms with Crippen LogP contribution in [0.4, 0.5) is 0 Å². The van der Waals surface area contributed by atoms with Crippen LogP contribution in [0, 0.1) is 0 Å². The van der Waals surface area contributed by atoms with Crippen molar-refractivity contribution >= 4 is 41.6 Å². The number of hydrogen-bond donors (Lipinski definition) is 9. The number of carbonyl (C=O) groups is 6. The number of carboxylic acids is 3. The summed E-state index contributed by atoms with van der Waals surface area (Å²) in [5.74, 6) is -7.32. The highest BCUT2D eigenvalue weighted by atomic mass is 16.4. The normalized spacial score (nSPS) is 13.0. The molecule has 0 aromatic heterocycles. The molecule has 16 heteroatoms. The Morgan fingerprint density at radius 2 is 1.44 bits per heavy atom. The third-order valence-electron chi connectivity index (χ3n) is 3.74. The smallest absolute Gasteiger partial charge is 0.326 e. The van der Waals surface area contributed by atoms with E-state index in [1.165, 1.54) is 0 Å². The molecule has 16 nitrogen and oxygen atoms in total. The minimum absolute atomic E-state index is 0.00741. The fraction of sp³-hybridized carbons (Fsp3) is 0.562. The maximum absolute atomic E-state index is 12.4. The summed E-state index contributed by atoms with van der Waals surface area (Å²) in [5.41, 5.74) is 15.8. The molecular formula is C16H27N7O9. The Balaban J connectivity index is 5.01. The van der Waals surface area contributed by atoms with E-state index in [9.17, 15) is 28.8 Å². The number of aliphatic carboxylic acids is 3. The standard InChI is InChI=1S/C16H27N7O9/c17-7(4-11(25)26)13(29)23-8(2-1-3-20-16(18)19)14(30)21-6-10(24)22-9(15(31)32)5-12(27)28/h7-9H,1-6,17H2,(H,21,30)(H,22,24)(H,23,29)(H,25,26)(H,27,28)(H,31,32)(H4,18,19,20). The van der Waals surface area contributed by atoms with Crippen LogP contribution < -0.4 is 33.2 Å². The van der Waals surface area contributed by atoms with Gasteiger partial charge in [0, 0.05) is 6.54 Å². The molecule has 3 amide bonds. The summed E-state index contributed by atoms with van der Waals surface area (Å²) in [5, 5.41) is 32.7. The number of nitrogens with zero attached hydrogens (tertiary/aromatic N) is 1. The van der Waals surface area contributed by atoms with Gasteiger partial charge in [-0.1, -0.05) is 0 Å². The van der Waals surface area contributed by atoms with E-state index >= 15 is 0 Å². The largest absolute Gasteiger partial charge is 0.481 e. The average Bonchev–Trinajstić information content (AvgIpc) is 2.66. The van der Waals surface area contributed by atoms with Crippen molar-refractivity contribution in [2.24, 2.45) is 22.2 Å². The van der Waals surface area contributed by atoms with E-state index < -0.39 is 73.1 Å². The summed E-state index contributed by atoms with van der Waals surface area (Å²) in [6, 6.07) is -4.38. The first-order valence-corrected chi connectivity index (χ1v) is 9.18. The van der Waals surface area contributed by atoms with Gasteiger partial charge in [-0.2, -0.15) is 0 Å². The summed E-state index contributed by atoms with van der Waals surface area (Å²) in [4.78, 5) is 72.3. The number of amides is 3. The molecule has 0 fully saturated rings. The summed E-state index contributed by atoms with van der Waals surface area (Å²) in [6.07, 6.45) is -1.35. The lowest BCUT2D eigenvalue weighted by Crippen LogP contribution is -2.53. The average molecular weight is 461 g/mol. The van der Waals surface area contributed by atoms with Crippen molar-refractivity contribution in [2.45, 2.75) is 43.8 Å². The minimum Gasteiger partial charge on any atom is -0.481 e. The monoisotopic (exact) mass is 461 g/mol. The van der Waals surface area contributed by atoms with Gasteiger partial charge >= 0.3 is 17.9 Å². The lowest BCUT2D eigenvalue weighted by atomic mass is 10.1. The predicted octanol–water partition coefficient (Wildman–Crippen LogP) is -4.51. The maximum atomic E-state index is 12.4. The molecule has 180 valence electrons. The number of aliphatic imine (C=N–C) groups is 1. The molecule has 12 N–H and O–H groups in total. The third-order valence-corrected chi connectivity index (χ3v) is 3.74. The first-order chi connectivity index (χ1) is 14.8. The molecular weight excluding hydrogens is 434 g/mol. The molecule has 0 spiro atoms. The molecule has 3 unspecified atom stereocenters. The van der Waals surface area contributed by atoms with Crippen LogP contribution >= 0.6 is 0 Å². The molecule has 0 heterocycles. The van der Waals surface area contributed by atoms with Crippen molar-refractivity contribution in [1.29, 1.82) is 0 Å².